The van der Waals surface area contributed by atoms with E-state index in [1.807, 2.05) is 39.0 Å². The molecule has 13 heavy (non-hydrogen) atoms. The quantitative estimate of drug-likeness (QED) is 0.641. The molecule has 0 fully saturated rings. The summed E-state index contributed by atoms with van der Waals surface area (Å²) in [6.45, 7) is 5.96. The number of fused-ring (bicyclic) bond motifs is 1. The third kappa shape index (κ3) is 2.07. The van der Waals surface area contributed by atoms with Crippen LogP contribution >= 0.6 is 9.24 Å². The van der Waals surface area contributed by atoms with Crippen LogP contribution in [0, 0.1) is 6.92 Å². The van der Waals surface area contributed by atoms with Crippen LogP contribution in [0.15, 0.2) is 18.2 Å². The summed E-state index contributed by atoms with van der Waals surface area (Å²) < 4.78 is 0. The summed E-state index contributed by atoms with van der Waals surface area (Å²) in [4.78, 5) is 7.51. The van der Waals surface area contributed by atoms with Crippen molar-refractivity contribution in [3.05, 3.63) is 24.0 Å². The molecule has 0 radical (unpaired) electrons. The molecular weight excluding hydrogens is 179 g/mol. The maximum absolute atomic E-state index is 4.34. The first-order chi connectivity index (χ1) is 6.27. The SMILES string of the molecule is CC.Cc1nc2c(P)cccc2[nH]1. The summed E-state index contributed by atoms with van der Waals surface area (Å²) in [5.41, 5.74) is 2.16. The van der Waals surface area contributed by atoms with Gasteiger partial charge in [0, 0.05) is 0 Å². The van der Waals surface area contributed by atoms with Crippen molar-refractivity contribution in [1.29, 1.82) is 0 Å². The molecule has 70 valence electrons. The van der Waals surface area contributed by atoms with Crippen LogP contribution in [0.1, 0.15) is 19.7 Å². The zero-order valence-corrected chi connectivity index (χ0v) is 9.41. The molecular formula is C10H15N2P. The molecule has 0 aliphatic carbocycles. The lowest BCUT2D eigenvalue weighted by atomic mass is 10.3. The van der Waals surface area contributed by atoms with Gasteiger partial charge in [-0.2, -0.15) is 0 Å². The lowest BCUT2D eigenvalue weighted by Crippen LogP contribution is -1.90. The number of rotatable bonds is 0. The van der Waals surface area contributed by atoms with Crippen LogP contribution in [-0.2, 0) is 0 Å². The Labute approximate surface area is 81.0 Å². The molecule has 0 amide bonds. The fourth-order valence-electron chi connectivity index (χ4n) is 1.18. The molecule has 0 aliphatic rings. The molecule has 1 aromatic carbocycles. The van der Waals surface area contributed by atoms with E-state index in [2.05, 4.69) is 19.2 Å². The summed E-state index contributed by atoms with van der Waals surface area (Å²) in [7, 11) is 2.67. The van der Waals surface area contributed by atoms with Gasteiger partial charge in [-0.15, -0.1) is 9.24 Å². The molecule has 1 N–H and O–H groups in total. The highest BCUT2D eigenvalue weighted by molar-refractivity contribution is 7.28. The normalized spacial score (nSPS) is 9.54. The first-order valence-corrected chi connectivity index (χ1v) is 5.06. The van der Waals surface area contributed by atoms with E-state index in [0.29, 0.717) is 0 Å². The Morgan fingerprint density at radius 2 is 2.00 bits per heavy atom. The number of benzene rings is 1. The maximum Gasteiger partial charge on any atom is 0.104 e. The van der Waals surface area contributed by atoms with Gasteiger partial charge in [0.1, 0.15) is 5.82 Å². The smallest absolute Gasteiger partial charge is 0.104 e. The maximum atomic E-state index is 4.34. The minimum Gasteiger partial charge on any atom is -0.342 e. The van der Waals surface area contributed by atoms with Gasteiger partial charge >= 0.3 is 0 Å². The monoisotopic (exact) mass is 194 g/mol. The van der Waals surface area contributed by atoms with Crippen LogP contribution in [-0.4, -0.2) is 9.97 Å². The van der Waals surface area contributed by atoms with E-state index in [1.165, 1.54) is 0 Å². The minimum absolute atomic E-state index is 0.968. The fourth-order valence-corrected chi connectivity index (χ4v) is 1.51. The van der Waals surface area contributed by atoms with Crippen molar-refractivity contribution in [3.8, 4) is 0 Å². The second-order valence-corrected chi connectivity index (χ2v) is 3.19. The molecule has 0 aliphatic heterocycles. The molecule has 2 nitrogen and oxygen atoms in total. The number of aryl methyl sites for hydroxylation is 1. The van der Waals surface area contributed by atoms with Crippen LogP contribution in [0.2, 0.25) is 0 Å². The molecule has 0 saturated carbocycles. The largest absolute Gasteiger partial charge is 0.342 e. The Morgan fingerprint density at radius 1 is 1.31 bits per heavy atom. The van der Waals surface area contributed by atoms with Gasteiger partial charge in [-0.05, 0) is 18.3 Å². The highest BCUT2D eigenvalue weighted by Crippen LogP contribution is 2.09. The van der Waals surface area contributed by atoms with Crippen LogP contribution in [0.4, 0.5) is 0 Å². The predicted octanol–water partition coefficient (Wildman–Crippen LogP) is 2.40. The molecule has 2 rings (SSSR count). The molecule has 0 bridgehead atoms. The Morgan fingerprint density at radius 3 is 2.62 bits per heavy atom. The number of H-pyrrole nitrogens is 1. The van der Waals surface area contributed by atoms with Gasteiger partial charge in [-0.25, -0.2) is 4.98 Å². The molecule has 1 atom stereocenters. The molecule has 2 aromatic rings. The molecule has 1 unspecified atom stereocenters. The van der Waals surface area contributed by atoms with E-state index in [-0.39, 0.29) is 0 Å². The Balaban J connectivity index is 0.000000396. The average molecular weight is 194 g/mol. The lowest BCUT2D eigenvalue weighted by molar-refractivity contribution is 1.17. The molecule has 1 aromatic heterocycles. The van der Waals surface area contributed by atoms with Crippen molar-refractivity contribution in [2.75, 3.05) is 0 Å². The van der Waals surface area contributed by atoms with Crippen molar-refractivity contribution < 1.29 is 0 Å². The molecule has 0 saturated heterocycles. The Hall–Kier alpha value is -0.880. The van der Waals surface area contributed by atoms with Gasteiger partial charge in [0.25, 0.3) is 0 Å². The van der Waals surface area contributed by atoms with Crippen molar-refractivity contribution in [2.24, 2.45) is 0 Å². The molecule has 3 heteroatoms. The highest BCUT2D eigenvalue weighted by Gasteiger charge is 1.99. The number of aromatic amines is 1. The van der Waals surface area contributed by atoms with Gasteiger partial charge < -0.3 is 4.98 Å². The van der Waals surface area contributed by atoms with E-state index in [0.717, 1.165) is 22.2 Å². The van der Waals surface area contributed by atoms with Crippen LogP contribution in [0.3, 0.4) is 0 Å². The average Bonchev–Trinajstić information content (AvgIpc) is 2.51. The van der Waals surface area contributed by atoms with Gasteiger partial charge in [0.15, 0.2) is 0 Å². The summed E-state index contributed by atoms with van der Waals surface area (Å²) >= 11 is 0. The molecule has 0 spiro atoms. The first kappa shape index (κ1) is 10.2. The van der Waals surface area contributed by atoms with Gasteiger partial charge in [-0.1, -0.05) is 26.0 Å². The number of imidazole rings is 1. The summed E-state index contributed by atoms with van der Waals surface area (Å²) in [5.74, 6) is 0.968. The van der Waals surface area contributed by atoms with Crippen molar-refractivity contribution >= 4 is 25.6 Å². The number of aromatic nitrogens is 2. The number of nitrogens with zero attached hydrogens (tertiary/aromatic N) is 1. The van der Waals surface area contributed by atoms with Crippen molar-refractivity contribution in [1.82, 2.24) is 9.97 Å². The van der Waals surface area contributed by atoms with Gasteiger partial charge in [0.2, 0.25) is 0 Å². The van der Waals surface area contributed by atoms with E-state index in [9.17, 15) is 0 Å². The van der Waals surface area contributed by atoms with Crippen molar-refractivity contribution in [2.45, 2.75) is 20.8 Å². The third-order valence-electron chi connectivity index (χ3n) is 1.66. The summed E-state index contributed by atoms with van der Waals surface area (Å²) in [5, 5.41) is 1.15. The molecule has 1 heterocycles. The van der Waals surface area contributed by atoms with Crippen molar-refractivity contribution in [3.63, 3.8) is 0 Å². The minimum atomic E-state index is 0.968. The number of hydrogen-bond acceptors (Lipinski definition) is 1. The van der Waals surface area contributed by atoms with E-state index in [1.54, 1.807) is 0 Å². The first-order valence-electron chi connectivity index (χ1n) is 4.48. The predicted molar refractivity (Wildman–Crippen MR) is 61.5 cm³/mol. The van der Waals surface area contributed by atoms with E-state index in [4.69, 9.17) is 0 Å². The Kier molecular flexibility index (Phi) is 3.44. The zero-order valence-electron chi connectivity index (χ0n) is 8.26. The van der Waals surface area contributed by atoms with E-state index >= 15 is 0 Å². The van der Waals surface area contributed by atoms with Crippen LogP contribution < -0.4 is 5.30 Å². The van der Waals surface area contributed by atoms with Gasteiger partial charge in [-0.3, -0.25) is 0 Å². The van der Waals surface area contributed by atoms with Gasteiger partial charge in [0.05, 0.1) is 11.0 Å². The zero-order chi connectivity index (χ0) is 9.84. The van der Waals surface area contributed by atoms with Crippen LogP contribution in [0.25, 0.3) is 11.0 Å². The fraction of sp³-hybridized carbons (Fsp3) is 0.300. The summed E-state index contributed by atoms with van der Waals surface area (Å²) in [6, 6.07) is 6.08. The standard InChI is InChI=1S/C8H9N2P.C2H6/c1-5-9-6-3-2-4-7(11)8(6)10-5;1-2/h2-4H,11H2,1H3,(H,9,10);1-2H3. The number of hydrogen-bond donors (Lipinski definition) is 1. The lowest BCUT2D eigenvalue weighted by Gasteiger charge is -1.90. The second kappa shape index (κ2) is 4.38. The number of para-hydroxylation sites is 1. The van der Waals surface area contributed by atoms with E-state index < -0.39 is 0 Å². The Bertz CT molecular complexity index is 393. The van der Waals surface area contributed by atoms with Crippen LogP contribution in [0.5, 0.6) is 0 Å². The topological polar surface area (TPSA) is 28.7 Å². The second-order valence-electron chi connectivity index (χ2n) is 2.57. The summed E-state index contributed by atoms with van der Waals surface area (Å²) in [6.07, 6.45) is 0. The third-order valence-corrected chi connectivity index (χ3v) is 2.13. The highest BCUT2D eigenvalue weighted by atomic mass is 31.0. The number of nitrogens with one attached hydrogen (secondary N) is 1.